The fraction of sp³-hybridized carbons (Fsp3) is 0.667. The molecule has 0 spiro atoms. The van der Waals surface area contributed by atoms with Crippen LogP contribution >= 0.6 is 0 Å². The highest BCUT2D eigenvalue weighted by molar-refractivity contribution is 5.31. The Morgan fingerprint density at radius 1 is 1.26 bits per heavy atom. The first-order chi connectivity index (χ1) is 9.19. The Balaban J connectivity index is 1.98. The second-order valence-electron chi connectivity index (χ2n) is 6.32. The molecule has 0 bridgehead atoms. The van der Waals surface area contributed by atoms with E-state index in [4.69, 9.17) is 0 Å². The standard InChI is InChI=1S/C18H29N/c1-4-10-19-18(12-16-6-5-7-16)13-17-11-14(2)8-9-15(17)3/h8-9,11,16,18-19H,4-7,10,12-13H2,1-3H3. The lowest BCUT2D eigenvalue weighted by atomic mass is 9.79. The van der Waals surface area contributed by atoms with Crippen molar-refractivity contribution in [2.45, 2.75) is 65.3 Å². The second-order valence-corrected chi connectivity index (χ2v) is 6.32. The minimum atomic E-state index is 0.672. The Labute approximate surface area is 118 Å². The third-order valence-electron chi connectivity index (χ3n) is 4.50. The highest BCUT2D eigenvalue weighted by atomic mass is 14.9. The summed E-state index contributed by atoms with van der Waals surface area (Å²) in [7, 11) is 0. The molecule has 1 nitrogen and oxygen atoms in total. The van der Waals surface area contributed by atoms with Crippen molar-refractivity contribution in [3.8, 4) is 0 Å². The molecule has 0 aromatic heterocycles. The van der Waals surface area contributed by atoms with E-state index in [1.54, 1.807) is 0 Å². The van der Waals surface area contributed by atoms with Gasteiger partial charge in [0.05, 0.1) is 0 Å². The van der Waals surface area contributed by atoms with E-state index < -0.39 is 0 Å². The molecule has 1 fully saturated rings. The predicted octanol–water partition coefficient (Wildman–Crippen LogP) is 4.40. The average Bonchev–Trinajstić information content (AvgIpc) is 2.34. The van der Waals surface area contributed by atoms with Crippen LogP contribution in [0.1, 0.15) is 55.7 Å². The van der Waals surface area contributed by atoms with Crippen LogP contribution < -0.4 is 5.32 Å². The molecule has 1 aromatic rings. The summed E-state index contributed by atoms with van der Waals surface area (Å²) in [5.41, 5.74) is 4.37. The van der Waals surface area contributed by atoms with Gasteiger partial charge in [0, 0.05) is 6.04 Å². The number of nitrogens with one attached hydrogen (secondary N) is 1. The molecule has 1 aromatic carbocycles. The molecule has 1 N–H and O–H groups in total. The number of rotatable bonds is 7. The summed E-state index contributed by atoms with van der Waals surface area (Å²) < 4.78 is 0. The first-order valence-corrected chi connectivity index (χ1v) is 7.98. The third kappa shape index (κ3) is 4.35. The number of benzene rings is 1. The molecule has 1 unspecified atom stereocenters. The van der Waals surface area contributed by atoms with Crippen LogP contribution in [-0.4, -0.2) is 12.6 Å². The summed E-state index contributed by atoms with van der Waals surface area (Å²) in [4.78, 5) is 0. The summed E-state index contributed by atoms with van der Waals surface area (Å²) >= 11 is 0. The van der Waals surface area contributed by atoms with Crippen LogP contribution in [0.25, 0.3) is 0 Å². The van der Waals surface area contributed by atoms with Crippen LogP contribution in [0, 0.1) is 19.8 Å². The minimum absolute atomic E-state index is 0.672. The van der Waals surface area contributed by atoms with Crippen LogP contribution in [-0.2, 0) is 6.42 Å². The molecule has 1 atom stereocenters. The normalized spacial score (nSPS) is 17.2. The molecule has 1 heteroatoms. The van der Waals surface area contributed by atoms with Crippen LogP contribution in [0.2, 0.25) is 0 Å². The summed E-state index contributed by atoms with van der Waals surface area (Å²) in [6.45, 7) is 7.85. The van der Waals surface area contributed by atoms with Crippen molar-refractivity contribution in [2.75, 3.05) is 6.54 Å². The smallest absolute Gasteiger partial charge is 0.0110 e. The molecule has 1 saturated carbocycles. The van der Waals surface area contributed by atoms with Crippen LogP contribution in [0.5, 0.6) is 0 Å². The van der Waals surface area contributed by atoms with E-state index >= 15 is 0 Å². The van der Waals surface area contributed by atoms with E-state index in [-0.39, 0.29) is 0 Å². The summed E-state index contributed by atoms with van der Waals surface area (Å²) in [5.74, 6) is 0.986. The Kier molecular flexibility index (Phi) is 5.45. The van der Waals surface area contributed by atoms with Crippen molar-refractivity contribution in [3.05, 3.63) is 34.9 Å². The molecule has 19 heavy (non-hydrogen) atoms. The van der Waals surface area contributed by atoms with E-state index in [1.165, 1.54) is 55.2 Å². The highest BCUT2D eigenvalue weighted by Gasteiger charge is 2.22. The maximum absolute atomic E-state index is 3.76. The van der Waals surface area contributed by atoms with Gasteiger partial charge in [-0.2, -0.15) is 0 Å². The molecular weight excluding hydrogens is 230 g/mol. The van der Waals surface area contributed by atoms with Gasteiger partial charge in [-0.05, 0) is 56.7 Å². The zero-order valence-corrected chi connectivity index (χ0v) is 12.8. The van der Waals surface area contributed by atoms with Gasteiger partial charge in [0.1, 0.15) is 0 Å². The maximum Gasteiger partial charge on any atom is 0.0110 e. The largest absolute Gasteiger partial charge is 0.314 e. The first-order valence-electron chi connectivity index (χ1n) is 7.98. The fourth-order valence-electron chi connectivity index (χ4n) is 3.00. The van der Waals surface area contributed by atoms with Gasteiger partial charge >= 0.3 is 0 Å². The van der Waals surface area contributed by atoms with Crippen LogP contribution in [0.15, 0.2) is 18.2 Å². The monoisotopic (exact) mass is 259 g/mol. The van der Waals surface area contributed by atoms with Crippen molar-refractivity contribution < 1.29 is 0 Å². The van der Waals surface area contributed by atoms with Crippen LogP contribution in [0.3, 0.4) is 0 Å². The zero-order valence-electron chi connectivity index (χ0n) is 12.8. The van der Waals surface area contributed by atoms with Crippen molar-refractivity contribution in [1.29, 1.82) is 0 Å². The molecule has 1 aliphatic carbocycles. The lowest BCUT2D eigenvalue weighted by molar-refractivity contribution is 0.259. The molecule has 0 radical (unpaired) electrons. The van der Waals surface area contributed by atoms with Crippen molar-refractivity contribution in [2.24, 2.45) is 5.92 Å². The van der Waals surface area contributed by atoms with Gasteiger partial charge in [-0.1, -0.05) is 49.9 Å². The van der Waals surface area contributed by atoms with Gasteiger partial charge in [0.2, 0.25) is 0 Å². The topological polar surface area (TPSA) is 12.0 Å². The number of aryl methyl sites for hydroxylation is 2. The molecule has 0 heterocycles. The van der Waals surface area contributed by atoms with Gasteiger partial charge in [0.15, 0.2) is 0 Å². The van der Waals surface area contributed by atoms with Gasteiger partial charge < -0.3 is 5.32 Å². The predicted molar refractivity (Wildman–Crippen MR) is 83.7 cm³/mol. The quantitative estimate of drug-likeness (QED) is 0.765. The Bertz CT molecular complexity index is 393. The Morgan fingerprint density at radius 3 is 2.68 bits per heavy atom. The van der Waals surface area contributed by atoms with Crippen molar-refractivity contribution >= 4 is 0 Å². The molecular formula is C18H29N. The molecule has 0 amide bonds. The van der Waals surface area contributed by atoms with Gasteiger partial charge in [-0.3, -0.25) is 0 Å². The van der Waals surface area contributed by atoms with Gasteiger partial charge in [-0.25, -0.2) is 0 Å². The molecule has 1 aliphatic rings. The van der Waals surface area contributed by atoms with Crippen molar-refractivity contribution in [1.82, 2.24) is 5.32 Å². The Hall–Kier alpha value is -0.820. The zero-order chi connectivity index (χ0) is 13.7. The average molecular weight is 259 g/mol. The SMILES string of the molecule is CCCNC(Cc1cc(C)ccc1C)CC1CCC1. The maximum atomic E-state index is 3.76. The highest BCUT2D eigenvalue weighted by Crippen LogP contribution is 2.31. The third-order valence-corrected chi connectivity index (χ3v) is 4.50. The summed E-state index contributed by atoms with van der Waals surface area (Å²) in [6, 6.07) is 7.53. The van der Waals surface area contributed by atoms with E-state index in [1.807, 2.05) is 0 Å². The number of hydrogen-bond donors (Lipinski definition) is 1. The lowest BCUT2D eigenvalue weighted by Gasteiger charge is -2.30. The van der Waals surface area contributed by atoms with Gasteiger partial charge in [0.25, 0.3) is 0 Å². The molecule has 2 rings (SSSR count). The van der Waals surface area contributed by atoms with Gasteiger partial charge in [-0.15, -0.1) is 0 Å². The van der Waals surface area contributed by atoms with Crippen LogP contribution in [0.4, 0.5) is 0 Å². The number of hydrogen-bond acceptors (Lipinski definition) is 1. The van der Waals surface area contributed by atoms with E-state index in [2.05, 4.69) is 44.3 Å². The van der Waals surface area contributed by atoms with E-state index in [0.29, 0.717) is 6.04 Å². The minimum Gasteiger partial charge on any atom is -0.314 e. The van der Waals surface area contributed by atoms with E-state index in [9.17, 15) is 0 Å². The molecule has 0 aliphatic heterocycles. The van der Waals surface area contributed by atoms with Crippen molar-refractivity contribution in [3.63, 3.8) is 0 Å². The van der Waals surface area contributed by atoms with E-state index in [0.717, 1.165) is 12.5 Å². The summed E-state index contributed by atoms with van der Waals surface area (Å²) in [6.07, 6.45) is 8.16. The first kappa shape index (κ1) is 14.6. The second kappa shape index (κ2) is 7.09. The summed E-state index contributed by atoms with van der Waals surface area (Å²) in [5, 5.41) is 3.76. The molecule has 106 valence electrons. The Morgan fingerprint density at radius 2 is 2.05 bits per heavy atom. The molecule has 0 saturated heterocycles. The fourth-order valence-corrected chi connectivity index (χ4v) is 3.00. The lowest BCUT2D eigenvalue weighted by Crippen LogP contribution is -2.35.